The Kier molecular flexibility index (Phi) is 4.53. The van der Waals surface area contributed by atoms with Gasteiger partial charge in [-0.25, -0.2) is 4.79 Å². The largest absolute Gasteiger partial charge is 0.443 e. The van der Waals surface area contributed by atoms with Gasteiger partial charge < -0.3 is 21.3 Å². The molecule has 0 rings (SSSR count). The minimum Gasteiger partial charge on any atom is -0.443 e. The Balaban J connectivity index is 4.30. The zero-order valence-electron chi connectivity index (χ0n) is 6.97. The van der Waals surface area contributed by atoms with Crippen molar-refractivity contribution in [2.75, 3.05) is 0 Å². The molecule has 0 heterocycles. The van der Waals surface area contributed by atoms with Gasteiger partial charge in [-0.1, -0.05) is 6.08 Å². The van der Waals surface area contributed by atoms with E-state index in [-0.39, 0.29) is 6.42 Å². The molecule has 0 spiro atoms. The van der Waals surface area contributed by atoms with E-state index in [0.29, 0.717) is 0 Å². The minimum absolute atomic E-state index is 0.104. The number of primary amides is 2. The van der Waals surface area contributed by atoms with Crippen molar-refractivity contribution in [3.63, 3.8) is 0 Å². The van der Waals surface area contributed by atoms with E-state index < -0.39 is 24.2 Å². The van der Waals surface area contributed by atoms with Crippen molar-refractivity contribution >= 4 is 12.0 Å². The number of carbonyl (C=O) groups is 2. The van der Waals surface area contributed by atoms with Crippen LogP contribution < -0.4 is 11.5 Å². The van der Waals surface area contributed by atoms with Gasteiger partial charge in [-0.05, 0) is 0 Å². The summed E-state index contributed by atoms with van der Waals surface area (Å²) < 4.78 is 4.43. The van der Waals surface area contributed by atoms with Gasteiger partial charge >= 0.3 is 6.09 Å². The van der Waals surface area contributed by atoms with Crippen molar-refractivity contribution < 1.29 is 19.4 Å². The van der Waals surface area contributed by atoms with E-state index in [9.17, 15) is 9.59 Å². The molecule has 2 amide bonds. The van der Waals surface area contributed by atoms with E-state index in [0.717, 1.165) is 0 Å². The Morgan fingerprint density at radius 1 is 1.54 bits per heavy atom. The van der Waals surface area contributed by atoms with Gasteiger partial charge in [0.15, 0.2) is 6.10 Å². The van der Waals surface area contributed by atoms with Crippen molar-refractivity contribution in [2.24, 2.45) is 11.5 Å². The van der Waals surface area contributed by atoms with Crippen molar-refractivity contribution in [3.8, 4) is 0 Å². The Hall–Kier alpha value is -1.56. The lowest BCUT2D eigenvalue weighted by molar-refractivity contribution is -0.131. The molecule has 0 radical (unpaired) electrons. The first-order valence-corrected chi connectivity index (χ1v) is 3.53. The van der Waals surface area contributed by atoms with E-state index >= 15 is 0 Å². The summed E-state index contributed by atoms with van der Waals surface area (Å²) in [5, 5.41) is 9.11. The number of carbonyl (C=O) groups excluding carboxylic acids is 2. The summed E-state index contributed by atoms with van der Waals surface area (Å²) in [5.41, 5.74) is 9.49. The van der Waals surface area contributed by atoms with Gasteiger partial charge in [0, 0.05) is 6.42 Å². The highest BCUT2D eigenvalue weighted by molar-refractivity contribution is 5.79. The third-order valence-electron chi connectivity index (χ3n) is 1.31. The van der Waals surface area contributed by atoms with E-state index in [4.69, 9.17) is 16.6 Å². The molecule has 0 saturated carbocycles. The van der Waals surface area contributed by atoms with Crippen LogP contribution in [0.25, 0.3) is 0 Å². The fourth-order valence-electron chi connectivity index (χ4n) is 0.738. The predicted octanol–water partition coefficient (Wildman–Crippen LogP) is -1.13. The molecule has 2 unspecified atom stereocenters. The van der Waals surface area contributed by atoms with Crippen LogP contribution in [-0.2, 0) is 9.53 Å². The number of ether oxygens (including phenoxy) is 1. The number of hydrogen-bond acceptors (Lipinski definition) is 4. The first kappa shape index (κ1) is 11.4. The highest BCUT2D eigenvalue weighted by Gasteiger charge is 2.25. The van der Waals surface area contributed by atoms with Gasteiger partial charge in [-0.2, -0.15) is 0 Å². The Labute approximate surface area is 75.1 Å². The van der Waals surface area contributed by atoms with Crippen molar-refractivity contribution in [2.45, 2.75) is 18.6 Å². The molecule has 0 aromatic carbocycles. The molecular formula is C7H12N2O4. The maximum atomic E-state index is 10.5. The molecule has 6 heteroatoms. The lowest BCUT2D eigenvalue weighted by Gasteiger charge is -2.18. The highest BCUT2D eigenvalue weighted by Crippen LogP contribution is 2.05. The molecule has 0 bridgehead atoms. The third-order valence-corrected chi connectivity index (χ3v) is 1.31. The molecule has 13 heavy (non-hydrogen) atoms. The van der Waals surface area contributed by atoms with E-state index in [1.54, 1.807) is 0 Å². The predicted molar refractivity (Wildman–Crippen MR) is 44.5 cm³/mol. The van der Waals surface area contributed by atoms with Gasteiger partial charge in [-0.15, -0.1) is 6.58 Å². The lowest BCUT2D eigenvalue weighted by Crippen LogP contribution is -2.42. The fourth-order valence-corrected chi connectivity index (χ4v) is 0.738. The molecule has 0 saturated heterocycles. The summed E-state index contributed by atoms with van der Waals surface area (Å²) in [4.78, 5) is 20.8. The van der Waals surface area contributed by atoms with Crippen LogP contribution in [-0.4, -0.2) is 29.3 Å². The lowest BCUT2D eigenvalue weighted by atomic mass is 10.1. The van der Waals surface area contributed by atoms with Gasteiger partial charge in [0.1, 0.15) is 6.10 Å². The van der Waals surface area contributed by atoms with Crippen LogP contribution in [0.1, 0.15) is 6.42 Å². The van der Waals surface area contributed by atoms with E-state index in [1.165, 1.54) is 6.08 Å². The van der Waals surface area contributed by atoms with E-state index in [1.807, 2.05) is 0 Å². The first-order chi connectivity index (χ1) is 5.99. The zero-order valence-corrected chi connectivity index (χ0v) is 6.97. The molecule has 0 aromatic rings. The fraction of sp³-hybridized carbons (Fsp3) is 0.429. The number of amides is 2. The van der Waals surface area contributed by atoms with Gasteiger partial charge in [0.25, 0.3) is 0 Å². The van der Waals surface area contributed by atoms with Crippen molar-refractivity contribution in [3.05, 3.63) is 12.7 Å². The minimum atomic E-state index is -1.56. The molecule has 6 nitrogen and oxygen atoms in total. The molecule has 74 valence electrons. The molecule has 2 atom stereocenters. The summed E-state index contributed by atoms with van der Waals surface area (Å²) in [6, 6.07) is 0. The van der Waals surface area contributed by atoms with Gasteiger partial charge in [0.05, 0.1) is 0 Å². The number of aliphatic hydroxyl groups is 1. The second-order valence-electron chi connectivity index (χ2n) is 2.35. The average molecular weight is 188 g/mol. The van der Waals surface area contributed by atoms with Crippen LogP contribution in [0, 0.1) is 0 Å². The highest BCUT2D eigenvalue weighted by atomic mass is 16.6. The summed E-state index contributed by atoms with van der Waals surface area (Å²) in [6.07, 6.45) is -2.22. The number of rotatable bonds is 5. The summed E-state index contributed by atoms with van der Waals surface area (Å²) >= 11 is 0. The maximum Gasteiger partial charge on any atom is 0.404 e. The second kappa shape index (κ2) is 5.15. The topological polar surface area (TPSA) is 116 Å². The Bertz CT molecular complexity index is 217. The van der Waals surface area contributed by atoms with Gasteiger partial charge in [-0.3, -0.25) is 4.79 Å². The van der Waals surface area contributed by atoms with Crippen LogP contribution in [0.15, 0.2) is 12.7 Å². The molecule has 0 aliphatic rings. The number of nitrogens with two attached hydrogens (primary N) is 2. The number of aliphatic hydroxyl groups excluding tert-OH is 1. The quantitative estimate of drug-likeness (QED) is 0.473. The monoisotopic (exact) mass is 188 g/mol. The third kappa shape index (κ3) is 4.12. The normalized spacial score (nSPS) is 14.2. The van der Waals surface area contributed by atoms with Crippen molar-refractivity contribution in [1.29, 1.82) is 0 Å². The molecule has 0 aromatic heterocycles. The Morgan fingerprint density at radius 3 is 2.38 bits per heavy atom. The van der Waals surface area contributed by atoms with Crippen LogP contribution in [0.2, 0.25) is 0 Å². The Morgan fingerprint density at radius 2 is 2.08 bits per heavy atom. The standard InChI is InChI=1S/C7H12N2O4/c1-2-3-4(13-7(9)12)5(10)6(8)11/h2,4-5,10H,1,3H2,(H2,8,11)(H2,9,12). The van der Waals surface area contributed by atoms with E-state index in [2.05, 4.69) is 11.3 Å². The SMILES string of the molecule is C=CCC(OC(N)=O)C(O)C(N)=O. The summed E-state index contributed by atoms with van der Waals surface area (Å²) in [7, 11) is 0. The van der Waals surface area contributed by atoms with Crippen LogP contribution in [0.4, 0.5) is 4.79 Å². The van der Waals surface area contributed by atoms with Crippen LogP contribution >= 0.6 is 0 Å². The maximum absolute atomic E-state index is 10.5. The molecular weight excluding hydrogens is 176 g/mol. The molecule has 5 N–H and O–H groups in total. The average Bonchev–Trinajstić information content (AvgIpc) is 2.01. The second-order valence-corrected chi connectivity index (χ2v) is 2.35. The smallest absolute Gasteiger partial charge is 0.404 e. The van der Waals surface area contributed by atoms with Gasteiger partial charge in [0.2, 0.25) is 5.91 Å². The summed E-state index contributed by atoms with van der Waals surface area (Å²) in [6.45, 7) is 3.35. The molecule has 0 fully saturated rings. The van der Waals surface area contributed by atoms with Crippen LogP contribution in [0.3, 0.4) is 0 Å². The van der Waals surface area contributed by atoms with Crippen LogP contribution in [0.5, 0.6) is 0 Å². The molecule has 0 aliphatic carbocycles. The zero-order chi connectivity index (χ0) is 10.4. The summed E-state index contributed by atoms with van der Waals surface area (Å²) in [5.74, 6) is -0.979. The number of hydrogen-bond donors (Lipinski definition) is 3. The molecule has 0 aliphatic heterocycles. The first-order valence-electron chi connectivity index (χ1n) is 3.53. The van der Waals surface area contributed by atoms with Crippen molar-refractivity contribution in [1.82, 2.24) is 0 Å².